The topological polar surface area (TPSA) is 63.2 Å². The minimum atomic E-state index is -4.40. The zero-order chi connectivity index (χ0) is 15.3. The van der Waals surface area contributed by atoms with Gasteiger partial charge in [-0.2, -0.15) is 13.2 Å². The summed E-state index contributed by atoms with van der Waals surface area (Å²) in [6.07, 6.45) is -1.30. The molecule has 2 rings (SSSR count). The molecule has 1 amide bonds. The normalized spacial score (nSPS) is 17.7. The van der Waals surface area contributed by atoms with Gasteiger partial charge in [0, 0.05) is 18.8 Å². The van der Waals surface area contributed by atoms with Gasteiger partial charge in [0.1, 0.15) is 0 Å². The molecule has 1 fully saturated rings. The van der Waals surface area contributed by atoms with Crippen LogP contribution in [0.1, 0.15) is 18.4 Å². The van der Waals surface area contributed by atoms with Crippen molar-refractivity contribution in [3.05, 3.63) is 23.9 Å². The summed E-state index contributed by atoms with van der Waals surface area (Å²) in [6, 6.07) is 2.81. The van der Waals surface area contributed by atoms with Crippen LogP contribution in [-0.2, 0) is 11.3 Å². The Morgan fingerprint density at radius 2 is 2.27 bits per heavy atom. The van der Waals surface area contributed by atoms with Gasteiger partial charge in [-0.1, -0.05) is 0 Å². The van der Waals surface area contributed by atoms with Crippen LogP contribution in [0.2, 0.25) is 0 Å². The van der Waals surface area contributed by atoms with Crippen LogP contribution in [0.5, 0.6) is 5.88 Å². The van der Waals surface area contributed by atoms with Crippen LogP contribution in [0.15, 0.2) is 18.3 Å². The van der Waals surface area contributed by atoms with Gasteiger partial charge in [-0.3, -0.25) is 4.79 Å². The summed E-state index contributed by atoms with van der Waals surface area (Å²) >= 11 is 0. The van der Waals surface area contributed by atoms with Crippen LogP contribution in [0.3, 0.4) is 0 Å². The molecule has 0 spiro atoms. The maximum Gasteiger partial charge on any atom is 0.422 e. The Bertz CT molecular complexity index is 494. The molecule has 0 radical (unpaired) electrons. The first kappa shape index (κ1) is 18.5. The van der Waals surface area contributed by atoms with Gasteiger partial charge < -0.3 is 15.4 Å². The quantitative estimate of drug-likeness (QED) is 0.859. The minimum absolute atomic E-state index is 0. The monoisotopic (exact) mass is 339 g/mol. The lowest BCUT2D eigenvalue weighted by molar-refractivity contribution is -0.154. The Morgan fingerprint density at radius 3 is 2.91 bits per heavy atom. The van der Waals surface area contributed by atoms with Gasteiger partial charge in [-0.05, 0) is 31.0 Å². The molecule has 0 bridgehead atoms. The second kappa shape index (κ2) is 8.19. The number of halogens is 4. The van der Waals surface area contributed by atoms with Crippen molar-refractivity contribution in [2.75, 3.05) is 13.2 Å². The third-order valence-corrected chi connectivity index (χ3v) is 3.03. The highest BCUT2D eigenvalue weighted by Gasteiger charge is 2.28. The van der Waals surface area contributed by atoms with Crippen LogP contribution in [0, 0.1) is 0 Å². The van der Waals surface area contributed by atoms with Crippen LogP contribution in [-0.4, -0.2) is 36.3 Å². The third kappa shape index (κ3) is 6.07. The standard InChI is InChI=1S/C13H16F3N3O2.ClH/c14-13(15,16)8-21-11-6-9(3-5-18-11)7-19-12(20)10-2-1-4-17-10;/h3,5-6,10,17H,1-2,4,7-8H2,(H,19,20);1H. The van der Waals surface area contributed by atoms with Crippen molar-refractivity contribution >= 4 is 18.3 Å². The average Bonchev–Trinajstić information content (AvgIpc) is 2.96. The number of nitrogens with zero attached hydrogens (tertiary/aromatic N) is 1. The Morgan fingerprint density at radius 1 is 1.50 bits per heavy atom. The molecule has 0 aliphatic carbocycles. The number of hydrogen-bond donors (Lipinski definition) is 2. The van der Waals surface area contributed by atoms with Gasteiger partial charge in [0.05, 0.1) is 6.04 Å². The zero-order valence-electron chi connectivity index (χ0n) is 11.7. The summed E-state index contributed by atoms with van der Waals surface area (Å²) in [6.45, 7) is -0.341. The van der Waals surface area contributed by atoms with Crippen LogP contribution < -0.4 is 15.4 Å². The molecule has 124 valence electrons. The summed E-state index contributed by atoms with van der Waals surface area (Å²) in [7, 11) is 0. The van der Waals surface area contributed by atoms with E-state index in [2.05, 4.69) is 20.4 Å². The summed E-state index contributed by atoms with van der Waals surface area (Å²) in [5.74, 6) is -0.222. The highest BCUT2D eigenvalue weighted by molar-refractivity contribution is 5.85. The molecule has 9 heteroatoms. The van der Waals surface area contributed by atoms with Crippen molar-refractivity contribution in [1.82, 2.24) is 15.6 Å². The van der Waals surface area contributed by atoms with Crippen LogP contribution >= 0.6 is 12.4 Å². The largest absolute Gasteiger partial charge is 0.468 e. The molecule has 5 nitrogen and oxygen atoms in total. The first-order chi connectivity index (χ1) is 9.94. The van der Waals surface area contributed by atoms with Crippen molar-refractivity contribution in [2.45, 2.75) is 31.6 Å². The maximum absolute atomic E-state index is 12.1. The predicted octanol–water partition coefficient (Wildman–Crippen LogP) is 1.81. The molecular weight excluding hydrogens is 323 g/mol. The first-order valence-corrected chi connectivity index (χ1v) is 6.59. The molecule has 0 saturated carbocycles. The lowest BCUT2D eigenvalue weighted by Gasteiger charge is -2.12. The molecule has 1 aromatic rings. The van der Waals surface area contributed by atoms with E-state index in [-0.39, 0.29) is 36.8 Å². The number of carbonyl (C=O) groups is 1. The number of pyridine rings is 1. The van der Waals surface area contributed by atoms with Crippen LogP contribution in [0.4, 0.5) is 13.2 Å². The van der Waals surface area contributed by atoms with Gasteiger partial charge in [0.25, 0.3) is 0 Å². The maximum atomic E-state index is 12.1. The molecule has 2 heterocycles. The average molecular weight is 340 g/mol. The second-order valence-electron chi connectivity index (χ2n) is 4.77. The lowest BCUT2D eigenvalue weighted by atomic mass is 10.2. The zero-order valence-corrected chi connectivity index (χ0v) is 12.5. The molecule has 0 aromatic carbocycles. The number of carbonyl (C=O) groups excluding carboxylic acids is 1. The van der Waals surface area contributed by atoms with E-state index in [1.54, 1.807) is 6.07 Å². The van der Waals surface area contributed by atoms with Crippen LogP contribution in [0.25, 0.3) is 0 Å². The molecule has 2 N–H and O–H groups in total. The molecule has 1 saturated heterocycles. The molecule has 1 aliphatic rings. The Labute approximate surface area is 132 Å². The summed E-state index contributed by atoms with van der Waals surface area (Å²) in [5, 5.41) is 5.80. The van der Waals surface area contributed by atoms with E-state index < -0.39 is 12.8 Å². The summed E-state index contributed by atoms with van der Waals surface area (Å²) in [4.78, 5) is 15.5. The first-order valence-electron chi connectivity index (χ1n) is 6.59. The smallest absolute Gasteiger partial charge is 0.422 e. The molecule has 1 unspecified atom stereocenters. The van der Waals surface area contributed by atoms with Crippen molar-refractivity contribution in [2.24, 2.45) is 0 Å². The van der Waals surface area contributed by atoms with E-state index in [1.165, 1.54) is 12.3 Å². The number of rotatable bonds is 5. The fourth-order valence-electron chi connectivity index (χ4n) is 2.02. The molecular formula is C13H17ClF3N3O2. The van der Waals surface area contributed by atoms with E-state index in [0.717, 1.165) is 19.4 Å². The van der Waals surface area contributed by atoms with Gasteiger partial charge in [-0.25, -0.2) is 4.98 Å². The van der Waals surface area contributed by atoms with Crippen molar-refractivity contribution in [3.63, 3.8) is 0 Å². The Hall–Kier alpha value is -1.54. The van der Waals surface area contributed by atoms with Gasteiger partial charge in [0.15, 0.2) is 6.61 Å². The van der Waals surface area contributed by atoms with Gasteiger partial charge >= 0.3 is 6.18 Å². The van der Waals surface area contributed by atoms with Gasteiger partial charge in [-0.15, -0.1) is 12.4 Å². The van der Waals surface area contributed by atoms with E-state index >= 15 is 0 Å². The molecule has 1 aliphatic heterocycles. The highest BCUT2D eigenvalue weighted by atomic mass is 35.5. The summed E-state index contributed by atoms with van der Waals surface area (Å²) in [5.41, 5.74) is 0.633. The summed E-state index contributed by atoms with van der Waals surface area (Å²) < 4.78 is 40.7. The van der Waals surface area contributed by atoms with Gasteiger partial charge in [0.2, 0.25) is 11.8 Å². The molecule has 22 heavy (non-hydrogen) atoms. The third-order valence-electron chi connectivity index (χ3n) is 3.03. The fourth-order valence-corrected chi connectivity index (χ4v) is 2.02. The number of alkyl halides is 3. The predicted molar refractivity (Wildman–Crippen MR) is 75.9 cm³/mol. The van der Waals surface area contributed by atoms with E-state index in [0.29, 0.717) is 5.56 Å². The Balaban J connectivity index is 0.00000242. The molecule has 1 atom stereocenters. The minimum Gasteiger partial charge on any atom is -0.468 e. The number of nitrogens with one attached hydrogen (secondary N) is 2. The SMILES string of the molecule is Cl.O=C(NCc1ccnc(OCC(F)(F)F)c1)C1CCCN1. The van der Waals surface area contributed by atoms with E-state index in [1.807, 2.05) is 0 Å². The van der Waals surface area contributed by atoms with E-state index in [9.17, 15) is 18.0 Å². The van der Waals surface area contributed by atoms with E-state index in [4.69, 9.17) is 0 Å². The van der Waals surface area contributed by atoms with Crippen molar-refractivity contribution in [3.8, 4) is 5.88 Å². The fraction of sp³-hybridized carbons (Fsp3) is 0.538. The number of aromatic nitrogens is 1. The lowest BCUT2D eigenvalue weighted by Crippen LogP contribution is -2.40. The number of hydrogen-bond acceptors (Lipinski definition) is 4. The highest BCUT2D eigenvalue weighted by Crippen LogP contribution is 2.17. The number of amides is 1. The molecule has 1 aromatic heterocycles. The van der Waals surface area contributed by atoms with Crippen molar-refractivity contribution < 1.29 is 22.7 Å². The second-order valence-corrected chi connectivity index (χ2v) is 4.77. The van der Waals surface area contributed by atoms with Crippen molar-refractivity contribution in [1.29, 1.82) is 0 Å². The Kier molecular flexibility index (Phi) is 6.89. The number of ether oxygens (including phenoxy) is 1.